The molecule has 0 heterocycles. The lowest BCUT2D eigenvalue weighted by Gasteiger charge is -2.09. The monoisotopic (exact) mass is 414 g/mol. The molecule has 21 heavy (non-hydrogen) atoms. The van der Waals surface area contributed by atoms with Gasteiger partial charge in [-0.25, -0.2) is 0 Å². The van der Waals surface area contributed by atoms with Crippen LogP contribution in [0.2, 0.25) is 0 Å². The summed E-state index contributed by atoms with van der Waals surface area (Å²) in [6.07, 6.45) is 4.41. The zero-order chi connectivity index (χ0) is 15.1. The molecule has 5 heteroatoms. The molecule has 0 aliphatic heterocycles. The van der Waals surface area contributed by atoms with Crippen LogP contribution in [-0.4, -0.2) is 8.76 Å². The van der Waals surface area contributed by atoms with E-state index in [0.717, 1.165) is 25.7 Å². The normalized spacial score (nSPS) is 12.1. The molecular weight excluding hydrogens is 397 g/mol. The number of hydrogen-bond acceptors (Lipinski definition) is 2. The second-order valence-corrected chi connectivity index (χ2v) is 6.79. The summed E-state index contributed by atoms with van der Waals surface area (Å²) in [4.78, 5) is 0. The van der Waals surface area contributed by atoms with E-state index in [2.05, 4.69) is 51.6 Å². The van der Waals surface area contributed by atoms with Gasteiger partial charge in [0.05, 0.1) is 0 Å². The molecule has 0 aliphatic carbocycles. The average Bonchev–Trinajstić information content (AvgIpc) is 2.46. The summed E-state index contributed by atoms with van der Waals surface area (Å²) in [5, 5.41) is 0. The summed E-state index contributed by atoms with van der Waals surface area (Å²) in [5.74, 6) is 0. The van der Waals surface area contributed by atoms with E-state index in [9.17, 15) is 8.76 Å². The van der Waals surface area contributed by atoms with Crippen LogP contribution in [0, 0.1) is 3.57 Å². The van der Waals surface area contributed by atoms with E-state index >= 15 is 0 Å². The molecule has 2 aromatic carbocycles. The SMILES string of the molecule is O=S([O-])Nc1ccc(CCCCc2ccc(I)cc2)cc1. The van der Waals surface area contributed by atoms with Gasteiger partial charge in [0, 0.05) is 20.5 Å². The van der Waals surface area contributed by atoms with Gasteiger partial charge in [-0.1, -0.05) is 24.3 Å². The molecule has 0 saturated carbocycles. The van der Waals surface area contributed by atoms with Crippen molar-refractivity contribution in [3.05, 3.63) is 63.2 Å². The molecule has 112 valence electrons. The second kappa shape index (κ2) is 8.51. The highest BCUT2D eigenvalue weighted by Crippen LogP contribution is 2.14. The van der Waals surface area contributed by atoms with E-state index in [0.29, 0.717) is 5.69 Å². The Balaban J connectivity index is 1.73. The van der Waals surface area contributed by atoms with Crippen LogP contribution in [0.5, 0.6) is 0 Å². The maximum Gasteiger partial charge on any atom is 0.0452 e. The Labute approximate surface area is 141 Å². The lowest BCUT2D eigenvalue weighted by molar-refractivity contribution is 0.542. The molecule has 1 N–H and O–H groups in total. The first-order chi connectivity index (χ1) is 10.1. The van der Waals surface area contributed by atoms with E-state index in [4.69, 9.17) is 0 Å². The first kappa shape index (κ1) is 16.5. The van der Waals surface area contributed by atoms with Crippen LogP contribution in [0.4, 0.5) is 5.69 Å². The Morgan fingerprint density at radius 2 is 1.38 bits per heavy atom. The van der Waals surface area contributed by atoms with Crippen molar-refractivity contribution in [1.82, 2.24) is 0 Å². The average molecular weight is 414 g/mol. The summed E-state index contributed by atoms with van der Waals surface area (Å²) in [7, 11) is 0. The summed E-state index contributed by atoms with van der Waals surface area (Å²) >= 11 is 0.0617. The summed E-state index contributed by atoms with van der Waals surface area (Å²) < 4.78 is 24.6. The molecule has 0 amide bonds. The van der Waals surface area contributed by atoms with Crippen molar-refractivity contribution >= 4 is 39.5 Å². The Bertz CT molecular complexity index is 584. The predicted molar refractivity (Wildman–Crippen MR) is 94.8 cm³/mol. The number of nitrogens with one attached hydrogen (secondary N) is 1. The fourth-order valence-electron chi connectivity index (χ4n) is 2.15. The summed E-state index contributed by atoms with van der Waals surface area (Å²) in [5.41, 5.74) is 3.22. The van der Waals surface area contributed by atoms with Crippen LogP contribution in [0.3, 0.4) is 0 Å². The van der Waals surface area contributed by atoms with Crippen LogP contribution >= 0.6 is 22.6 Å². The Morgan fingerprint density at radius 3 is 1.86 bits per heavy atom. The van der Waals surface area contributed by atoms with Crippen LogP contribution in [0.1, 0.15) is 24.0 Å². The zero-order valence-electron chi connectivity index (χ0n) is 11.5. The highest BCUT2D eigenvalue weighted by molar-refractivity contribution is 14.1. The number of halogens is 1. The minimum Gasteiger partial charge on any atom is -0.755 e. The van der Waals surface area contributed by atoms with Crippen molar-refractivity contribution < 1.29 is 8.76 Å². The van der Waals surface area contributed by atoms with Gasteiger partial charge in [-0.05, 0) is 83.7 Å². The van der Waals surface area contributed by atoms with Gasteiger partial charge in [0.15, 0.2) is 0 Å². The van der Waals surface area contributed by atoms with E-state index in [1.54, 1.807) is 12.1 Å². The van der Waals surface area contributed by atoms with E-state index in [-0.39, 0.29) is 0 Å². The van der Waals surface area contributed by atoms with Gasteiger partial charge in [0.1, 0.15) is 0 Å². The van der Waals surface area contributed by atoms with Gasteiger partial charge >= 0.3 is 0 Å². The summed E-state index contributed by atoms with van der Waals surface area (Å²) in [6.45, 7) is 0. The van der Waals surface area contributed by atoms with Gasteiger partial charge < -0.3 is 9.27 Å². The van der Waals surface area contributed by atoms with Crippen LogP contribution in [-0.2, 0) is 24.1 Å². The predicted octanol–water partition coefficient (Wildman–Crippen LogP) is 4.06. The molecule has 1 unspecified atom stereocenters. The fraction of sp³-hybridized carbons (Fsp3) is 0.250. The maximum absolute atomic E-state index is 10.5. The van der Waals surface area contributed by atoms with Gasteiger partial charge in [0.25, 0.3) is 0 Å². The fourth-order valence-corrected chi connectivity index (χ4v) is 2.83. The van der Waals surface area contributed by atoms with Crippen molar-refractivity contribution in [3.8, 4) is 0 Å². The number of anilines is 1. The van der Waals surface area contributed by atoms with E-state index < -0.39 is 11.3 Å². The van der Waals surface area contributed by atoms with Crippen molar-refractivity contribution in [2.24, 2.45) is 0 Å². The van der Waals surface area contributed by atoms with Gasteiger partial charge in [-0.15, -0.1) is 0 Å². The third-order valence-electron chi connectivity index (χ3n) is 3.25. The topological polar surface area (TPSA) is 52.2 Å². The molecule has 0 radical (unpaired) electrons. The van der Waals surface area contributed by atoms with E-state index in [1.165, 1.54) is 14.7 Å². The van der Waals surface area contributed by atoms with Crippen LogP contribution < -0.4 is 4.72 Å². The highest BCUT2D eigenvalue weighted by atomic mass is 127. The van der Waals surface area contributed by atoms with Crippen LogP contribution in [0.25, 0.3) is 0 Å². The molecule has 0 aliphatic rings. The lowest BCUT2D eigenvalue weighted by Crippen LogP contribution is -2.01. The molecule has 0 fully saturated rings. The van der Waals surface area contributed by atoms with E-state index in [1.807, 2.05) is 12.1 Å². The second-order valence-electron chi connectivity index (χ2n) is 4.87. The number of rotatable bonds is 7. The first-order valence-electron chi connectivity index (χ1n) is 6.83. The lowest BCUT2D eigenvalue weighted by atomic mass is 10.0. The quantitative estimate of drug-likeness (QED) is 0.422. The van der Waals surface area contributed by atoms with Gasteiger partial charge in [-0.3, -0.25) is 4.21 Å². The van der Waals surface area contributed by atoms with Crippen molar-refractivity contribution in [2.75, 3.05) is 4.72 Å². The van der Waals surface area contributed by atoms with Crippen molar-refractivity contribution in [2.45, 2.75) is 25.7 Å². The third kappa shape index (κ3) is 6.15. The minimum atomic E-state index is -2.25. The first-order valence-corrected chi connectivity index (χ1v) is 8.98. The van der Waals surface area contributed by atoms with Crippen molar-refractivity contribution in [3.63, 3.8) is 0 Å². The minimum absolute atomic E-state index is 0.603. The zero-order valence-corrected chi connectivity index (χ0v) is 14.5. The molecule has 1 atom stereocenters. The van der Waals surface area contributed by atoms with Crippen LogP contribution in [0.15, 0.2) is 48.5 Å². The molecule has 2 aromatic rings. The van der Waals surface area contributed by atoms with Crippen molar-refractivity contribution in [1.29, 1.82) is 0 Å². The smallest absolute Gasteiger partial charge is 0.0452 e. The molecule has 2 rings (SSSR count). The summed E-state index contributed by atoms with van der Waals surface area (Å²) in [6, 6.07) is 16.2. The molecule has 3 nitrogen and oxygen atoms in total. The molecule has 0 saturated heterocycles. The Hall–Kier alpha value is -0.920. The third-order valence-corrected chi connectivity index (χ3v) is 4.37. The largest absolute Gasteiger partial charge is 0.755 e. The Morgan fingerprint density at radius 1 is 0.905 bits per heavy atom. The standard InChI is InChI=1S/C16H18INO2S/c17-15-9-5-13(6-10-15)3-1-2-4-14-7-11-16(12-8-14)18-21(19)20/h5-12,18H,1-4H2,(H,19,20)/p-1. The van der Waals surface area contributed by atoms with Gasteiger partial charge in [0.2, 0.25) is 0 Å². The van der Waals surface area contributed by atoms with Gasteiger partial charge in [-0.2, -0.15) is 0 Å². The molecule has 0 bridgehead atoms. The Kier molecular flexibility index (Phi) is 6.66. The molecule has 0 spiro atoms. The number of benzene rings is 2. The molecule has 0 aromatic heterocycles. The number of aryl methyl sites for hydroxylation is 2. The highest BCUT2D eigenvalue weighted by Gasteiger charge is 1.97. The number of hydrogen-bond donors (Lipinski definition) is 1. The maximum atomic E-state index is 10.5. The molecular formula is C16H17INO2S-. The number of unbranched alkanes of at least 4 members (excludes halogenated alkanes) is 1.